The van der Waals surface area contributed by atoms with Gasteiger partial charge in [-0.3, -0.25) is 0 Å². The number of aliphatic hydroxyl groups is 1. The quantitative estimate of drug-likeness (QED) is 0.907. The van der Waals surface area contributed by atoms with E-state index in [9.17, 15) is 10.4 Å². The SMILES string of the molecule is CC(C)c1nc2cc(CNC3CCCC3O)cc(C#N)c2o1. The summed E-state index contributed by atoms with van der Waals surface area (Å²) in [4.78, 5) is 4.48. The molecule has 2 aromatic rings. The van der Waals surface area contributed by atoms with Crippen LogP contribution >= 0.6 is 0 Å². The van der Waals surface area contributed by atoms with Crippen molar-refractivity contribution in [2.75, 3.05) is 0 Å². The van der Waals surface area contributed by atoms with E-state index in [2.05, 4.69) is 16.4 Å². The molecule has 1 heterocycles. The lowest BCUT2D eigenvalue weighted by Gasteiger charge is -2.16. The molecule has 0 amide bonds. The van der Waals surface area contributed by atoms with Crippen LogP contribution in [0.1, 0.15) is 56.0 Å². The summed E-state index contributed by atoms with van der Waals surface area (Å²) in [6.07, 6.45) is 2.65. The van der Waals surface area contributed by atoms with Crippen molar-refractivity contribution in [3.8, 4) is 6.07 Å². The maximum atomic E-state index is 9.86. The number of nitriles is 1. The van der Waals surface area contributed by atoms with E-state index in [1.54, 1.807) is 0 Å². The van der Waals surface area contributed by atoms with Crippen molar-refractivity contribution in [1.29, 1.82) is 5.26 Å². The van der Waals surface area contributed by atoms with Crippen molar-refractivity contribution >= 4 is 11.1 Å². The molecule has 0 radical (unpaired) electrons. The number of benzene rings is 1. The van der Waals surface area contributed by atoms with Gasteiger partial charge in [-0.2, -0.15) is 5.26 Å². The first-order chi connectivity index (χ1) is 10.6. The fourth-order valence-electron chi connectivity index (χ4n) is 2.97. The average molecular weight is 299 g/mol. The third-order valence-corrected chi connectivity index (χ3v) is 4.23. The molecule has 1 aliphatic carbocycles. The van der Waals surface area contributed by atoms with Crippen LogP contribution in [0, 0.1) is 11.3 Å². The van der Waals surface area contributed by atoms with Crippen LogP contribution in [0.2, 0.25) is 0 Å². The van der Waals surface area contributed by atoms with Crippen molar-refractivity contribution < 1.29 is 9.52 Å². The molecule has 3 rings (SSSR count). The zero-order valence-electron chi connectivity index (χ0n) is 13.0. The number of nitrogens with one attached hydrogen (secondary N) is 1. The van der Waals surface area contributed by atoms with E-state index in [0.717, 1.165) is 30.3 Å². The lowest BCUT2D eigenvalue weighted by Crippen LogP contribution is -2.35. The second kappa shape index (κ2) is 6.07. The molecule has 2 atom stereocenters. The maximum absolute atomic E-state index is 9.86. The summed E-state index contributed by atoms with van der Waals surface area (Å²) in [5.41, 5.74) is 2.80. The highest BCUT2D eigenvalue weighted by Gasteiger charge is 2.24. The van der Waals surface area contributed by atoms with Gasteiger partial charge in [-0.15, -0.1) is 0 Å². The molecule has 1 aromatic carbocycles. The van der Waals surface area contributed by atoms with Gasteiger partial charge in [0.15, 0.2) is 11.5 Å². The minimum atomic E-state index is -0.265. The van der Waals surface area contributed by atoms with Gasteiger partial charge < -0.3 is 14.8 Å². The molecule has 1 aromatic heterocycles. The van der Waals surface area contributed by atoms with Crippen LogP contribution in [0.25, 0.3) is 11.1 Å². The van der Waals surface area contributed by atoms with Crippen LogP contribution in [-0.2, 0) is 6.54 Å². The molecule has 2 unspecified atom stereocenters. The Morgan fingerprint density at radius 3 is 2.91 bits per heavy atom. The molecule has 0 bridgehead atoms. The summed E-state index contributed by atoms with van der Waals surface area (Å²) in [6.45, 7) is 4.65. The molecule has 1 aliphatic rings. The summed E-state index contributed by atoms with van der Waals surface area (Å²) in [5.74, 6) is 0.844. The predicted octanol–water partition coefficient (Wildman–Crippen LogP) is 2.83. The Labute approximate surface area is 130 Å². The van der Waals surface area contributed by atoms with Gasteiger partial charge in [-0.05, 0) is 37.0 Å². The molecule has 0 spiro atoms. The fraction of sp³-hybridized carbons (Fsp3) is 0.529. The van der Waals surface area contributed by atoms with Crippen molar-refractivity contribution in [2.24, 2.45) is 0 Å². The molecule has 1 saturated carbocycles. The predicted molar refractivity (Wildman–Crippen MR) is 83.3 cm³/mol. The highest BCUT2D eigenvalue weighted by atomic mass is 16.3. The van der Waals surface area contributed by atoms with Gasteiger partial charge in [-0.1, -0.05) is 13.8 Å². The number of oxazole rings is 1. The molecule has 5 nitrogen and oxygen atoms in total. The standard InChI is InChI=1S/C17H21N3O2/c1-10(2)17-20-14-7-11(6-12(8-18)16(14)22-17)9-19-13-4-3-5-15(13)21/h6-7,10,13,15,19,21H,3-5,9H2,1-2H3. The number of nitrogens with zero attached hydrogens (tertiary/aromatic N) is 2. The molecule has 0 aliphatic heterocycles. The number of aliphatic hydroxyl groups excluding tert-OH is 1. The second-order valence-corrected chi connectivity index (χ2v) is 6.30. The smallest absolute Gasteiger partial charge is 0.198 e. The van der Waals surface area contributed by atoms with Crippen LogP contribution in [0.5, 0.6) is 0 Å². The summed E-state index contributed by atoms with van der Waals surface area (Å²) in [7, 11) is 0. The highest BCUT2D eigenvalue weighted by molar-refractivity contribution is 5.80. The van der Waals surface area contributed by atoms with Gasteiger partial charge in [0.1, 0.15) is 11.6 Å². The van der Waals surface area contributed by atoms with E-state index >= 15 is 0 Å². The summed E-state index contributed by atoms with van der Waals surface area (Å²) in [5, 5.41) is 22.6. The molecule has 2 N–H and O–H groups in total. The van der Waals surface area contributed by atoms with Gasteiger partial charge in [0.25, 0.3) is 0 Å². The lowest BCUT2D eigenvalue weighted by atomic mass is 10.1. The third kappa shape index (κ3) is 2.85. The van der Waals surface area contributed by atoms with E-state index in [-0.39, 0.29) is 18.1 Å². The Morgan fingerprint density at radius 1 is 1.45 bits per heavy atom. The molecule has 0 saturated heterocycles. The topological polar surface area (TPSA) is 82.1 Å². The Hall–Kier alpha value is -1.90. The van der Waals surface area contributed by atoms with Crippen LogP contribution in [0.15, 0.2) is 16.5 Å². The van der Waals surface area contributed by atoms with Crippen molar-refractivity contribution in [3.05, 3.63) is 29.2 Å². The molecular formula is C17H21N3O2. The largest absolute Gasteiger partial charge is 0.439 e. The molecule has 22 heavy (non-hydrogen) atoms. The first-order valence-electron chi connectivity index (χ1n) is 7.83. The Bertz CT molecular complexity index is 714. The van der Waals surface area contributed by atoms with Crippen LogP contribution in [-0.4, -0.2) is 22.2 Å². The van der Waals surface area contributed by atoms with Crippen LogP contribution < -0.4 is 5.32 Å². The molecule has 5 heteroatoms. The first-order valence-corrected chi connectivity index (χ1v) is 7.83. The molecule has 1 fully saturated rings. The van der Waals surface area contributed by atoms with Gasteiger partial charge in [-0.25, -0.2) is 4.98 Å². The summed E-state index contributed by atoms with van der Waals surface area (Å²) >= 11 is 0. The second-order valence-electron chi connectivity index (χ2n) is 6.30. The van der Waals surface area contributed by atoms with Gasteiger partial charge in [0.05, 0.1) is 11.7 Å². The number of hydrogen-bond donors (Lipinski definition) is 2. The Kier molecular flexibility index (Phi) is 4.14. The number of hydrogen-bond acceptors (Lipinski definition) is 5. The van der Waals surface area contributed by atoms with Gasteiger partial charge >= 0.3 is 0 Å². The Balaban J connectivity index is 1.85. The van der Waals surface area contributed by atoms with Crippen molar-refractivity contribution in [2.45, 2.75) is 57.7 Å². The van der Waals surface area contributed by atoms with Crippen LogP contribution in [0.4, 0.5) is 0 Å². The number of aromatic nitrogens is 1. The number of fused-ring (bicyclic) bond motifs is 1. The Morgan fingerprint density at radius 2 is 2.27 bits per heavy atom. The number of rotatable bonds is 4. The van der Waals surface area contributed by atoms with E-state index in [1.807, 2.05) is 26.0 Å². The van der Waals surface area contributed by atoms with E-state index in [0.29, 0.717) is 23.6 Å². The average Bonchev–Trinajstić information content (AvgIpc) is 3.10. The van der Waals surface area contributed by atoms with Crippen molar-refractivity contribution in [1.82, 2.24) is 10.3 Å². The zero-order chi connectivity index (χ0) is 15.7. The van der Waals surface area contributed by atoms with E-state index in [4.69, 9.17) is 4.42 Å². The minimum absolute atomic E-state index is 0.143. The normalized spacial score (nSPS) is 21.6. The lowest BCUT2D eigenvalue weighted by molar-refractivity contribution is 0.148. The summed E-state index contributed by atoms with van der Waals surface area (Å²) in [6, 6.07) is 6.13. The monoisotopic (exact) mass is 299 g/mol. The van der Waals surface area contributed by atoms with E-state index < -0.39 is 0 Å². The third-order valence-electron chi connectivity index (χ3n) is 4.23. The first kappa shape index (κ1) is 15.0. The molecular weight excluding hydrogens is 278 g/mol. The fourth-order valence-corrected chi connectivity index (χ4v) is 2.97. The van der Waals surface area contributed by atoms with Gasteiger partial charge in [0.2, 0.25) is 0 Å². The van der Waals surface area contributed by atoms with Gasteiger partial charge in [0, 0.05) is 18.5 Å². The summed E-state index contributed by atoms with van der Waals surface area (Å²) < 4.78 is 5.71. The highest BCUT2D eigenvalue weighted by Crippen LogP contribution is 2.26. The zero-order valence-corrected chi connectivity index (χ0v) is 13.0. The van der Waals surface area contributed by atoms with Crippen LogP contribution in [0.3, 0.4) is 0 Å². The minimum Gasteiger partial charge on any atom is -0.439 e. The van der Waals surface area contributed by atoms with Crippen molar-refractivity contribution in [3.63, 3.8) is 0 Å². The molecule has 116 valence electrons. The maximum Gasteiger partial charge on any atom is 0.198 e. The van der Waals surface area contributed by atoms with E-state index in [1.165, 1.54) is 0 Å².